The Bertz CT molecular complexity index is 1390. The van der Waals surface area contributed by atoms with Gasteiger partial charge in [0.1, 0.15) is 29.0 Å². The van der Waals surface area contributed by atoms with Crippen molar-refractivity contribution in [3.8, 4) is 11.5 Å². The summed E-state index contributed by atoms with van der Waals surface area (Å²) in [6.45, 7) is 1.91. The molecule has 2 heterocycles. The van der Waals surface area contributed by atoms with Crippen molar-refractivity contribution in [3.63, 3.8) is 0 Å². The highest BCUT2D eigenvalue weighted by Gasteiger charge is 2.15. The van der Waals surface area contributed by atoms with Crippen LogP contribution in [0.25, 0.3) is 11.0 Å². The van der Waals surface area contributed by atoms with Gasteiger partial charge in [0.15, 0.2) is 0 Å². The molecule has 4 aromatic rings. The number of ether oxygens (including phenoxy) is 1. The zero-order valence-corrected chi connectivity index (χ0v) is 18.6. The van der Waals surface area contributed by atoms with E-state index in [4.69, 9.17) is 21.3 Å². The van der Waals surface area contributed by atoms with Crippen LogP contribution in [0.3, 0.4) is 0 Å². The third-order valence-corrected chi connectivity index (χ3v) is 5.78. The van der Waals surface area contributed by atoms with E-state index >= 15 is 0 Å². The first-order valence-corrected chi connectivity index (χ1v) is 11.1. The minimum Gasteiger partial charge on any atom is -0.457 e. The Kier molecular flexibility index (Phi) is 5.98. The van der Waals surface area contributed by atoms with Crippen molar-refractivity contribution < 1.29 is 18.3 Å². The Morgan fingerprint density at radius 3 is 2.59 bits per heavy atom. The topological polar surface area (TPSA) is 67.3 Å². The third kappa shape index (κ3) is 4.77. The van der Waals surface area contributed by atoms with Gasteiger partial charge in [-0.05, 0) is 49.2 Å². The van der Waals surface area contributed by atoms with Crippen LogP contribution in [0.1, 0.15) is 23.2 Å². The van der Waals surface area contributed by atoms with Crippen molar-refractivity contribution in [2.45, 2.75) is 12.8 Å². The zero-order valence-electron chi connectivity index (χ0n) is 17.9. The van der Waals surface area contributed by atoms with Gasteiger partial charge in [-0.1, -0.05) is 11.6 Å². The fourth-order valence-corrected chi connectivity index (χ4v) is 3.93. The van der Waals surface area contributed by atoms with Gasteiger partial charge >= 0.3 is 0 Å². The smallest absolute Gasteiger partial charge is 0.255 e. The predicted molar refractivity (Wildman–Crippen MR) is 127 cm³/mol. The number of halogens is 3. The molecule has 1 saturated heterocycles. The molecule has 9 heteroatoms. The number of anilines is 2. The molecule has 3 aromatic carbocycles. The Hall–Kier alpha value is -3.78. The molecule has 0 atom stereocenters. The number of nitrogens with one attached hydrogen (secondary N) is 1. The van der Waals surface area contributed by atoms with Crippen LogP contribution < -0.4 is 15.0 Å². The van der Waals surface area contributed by atoms with Crippen LogP contribution in [0.15, 0.2) is 60.8 Å². The molecule has 1 N–H and O–H groups in total. The fraction of sp³-hybridized carbons (Fsp3) is 0.160. The molecule has 1 aliphatic heterocycles. The molecule has 0 aliphatic carbocycles. The SMILES string of the molecule is O=C(Nc1cc(F)cc(Oc2ccc3ncc(N4CCCC4)nc3c2)c1)c1ccc(Cl)c(F)c1. The summed E-state index contributed by atoms with van der Waals surface area (Å²) in [6.07, 6.45) is 4.03. The first kappa shape index (κ1) is 22.0. The quantitative estimate of drug-likeness (QED) is 0.368. The van der Waals surface area contributed by atoms with Gasteiger partial charge in [-0.15, -0.1) is 0 Å². The number of benzene rings is 3. The van der Waals surface area contributed by atoms with Crippen molar-refractivity contribution in [2.24, 2.45) is 0 Å². The van der Waals surface area contributed by atoms with Crippen LogP contribution in [-0.2, 0) is 0 Å². The Morgan fingerprint density at radius 2 is 1.79 bits per heavy atom. The van der Waals surface area contributed by atoms with Crippen molar-refractivity contribution >= 4 is 40.0 Å². The lowest BCUT2D eigenvalue weighted by Crippen LogP contribution is -2.19. The van der Waals surface area contributed by atoms with Crippen LogP contribution in [0.5, 0.6) is 11.5 Å². The number of hydrogen-bond acceptors (Lipinski definition) is 5. The molecule has 6 nitrogen and oxygen atoms in total. The van der Waals surface area contributed by atoms with Crippen LogP contribution in [0, 0.1) is 11.6 Å². The van der Waals surface area contributed by atoms with Gasteiger partial charge in [-0.25, -0.2) is 13.8 Å². The summed E-state index contributed by atoms with van der Waals surface area (Å²) in [5.74, 6) is -0.487. The molecule has 1 fully saturated rings. The van der Waals surface area contributed by atoms with Gasteiger partial charge in [0.25, 0.3) is 5.91 Å². The predicted octanol–water partition coefficient (Wildman–Crippen LogP) is 6.21. The van der Waals surface area contributed by atoms with Gasteiger partial charge in [-0.2, -0.15) is 0 Å². The summed E-state index contributed by atoms with van der Waals surface area (Å²) in [4.78, 5) is 23.8. The molecule has 0 radical (unpaired) electrons. The zero-order chi connectivity index (χ0) is 23.7. The average Bonchev–Trinajstić information content (AvgIpc) is 3.35. The first-order valence-electron chi connectivity index (χ1n) is 10.7. The summed E-state index contributed by atoms with van der Waals surface area (Å²) in [5, 5.41) is 2.45. The van der Waals surface area contributed by atoms with Crippen molar-refractivity contribution in [1.82, 2.24) is 9.97 Å². The van der Waals surface area contributed by atoms with Crippen LogP contribution >= 0.6 is 11.6 Å². The molecular formula is C25H19ClF2N4O2. The Morgan fingerprint density at radius 1 is 0.971 bits per heavy atom. The van der Waals surface area contributed by atoms with Crippen LogP contribution in [0.4, 0.5) is 20.3 Å². The first-order chi connectivity index (χ1) is 16.4. The number of carbonyl (C=O) groups is 1. The molecule has 0 spiro atoms. The summed E-state index contributed by atoms with van der Waals surface area (Å²) < 4.78 is 33.8. The van der Waals surface area contributed by atoms with E-state index in [2.05, 4.69) is 15.2 Å². The molecule has 34 heavy (non-hydrogen) atoms. The highest BCUT2D eigenvalue weighted by atomic mass is 35.5. The summed E-state index contributed by atoms with van der Waals surface area (Å²) in [5.41, 5.74) is 1.59. The van der Waals surface area contributed by atoms with Gasteiger partial charge in [0.2, 0.25) is 0 Å². The molecule has 0 unspecified atom stereocenters. The average molecular weight is 481 g/mol. The third-order valence-electron chi connectivity index (χ3n) is 5.48. The Labute approximate surface area is 199 Å². The maximum atomic E-state index is 14.2. The number of rotatable bonds is 5. The van der Waals surface area contributed by atoms with Crippen molar-refractivity contribution in [1.29, 1.82) is 0 Å². The second-order valence-corrected chi connectivity index (χ2v) is 8.34. The molecule has 1 aromatic heterocycles. The van der Waals surface area contributed by atoms with Crippen molar-refractivity contribution in [3.05, 3.63) is 83.0 Å². The maximum absolute atomic E-state index is 14.2. The normalized spacial score (nSPS) is 13.3. The standard InChI is InChI=1S/C25H19ClF2N4O2/c26-20-5-3-15(9-21(20)28)25(33)30-17-10-16(27)11-19(12-17)34-18-4-6-22-23(13-18)31-24(14-29-22)32-7-1-2-8-32/h3-6,9-14H,1-2,7-8H2,(H,30,33). The van der Waals surface area contributed by atoms with Crippen LogP contribution in [-0.4, -0.2) is 29.0 Å². The van der Waals surface area contributed by atoms with E-state index in [9.17, 15) is 13.6 Å². The number of amides is 1. The Balaban J connectivity index is 1.36. The second-order valence-electron chi connectivity index (χ2n) is 7.93. The summed E-state index contributed by atoms with van der Waals surface area (Å²) >= 11 is 5.66. The van der Waals surface area contributed by atoms with E-state index in [0.29, 0.717) is 11.3 Å². The number of carbonyl (C=O) groups excluding carboxylic acids is 1. The van der Waals surface area contributed by atoms with Gasteiger partial charge in [0, 0.05) is 42.5 Å². The maximum Gasteiger partial charge on any atom is 0.255 e. The largest absolute Gasteiger partial charge is 0.457 e. The number of hydrogen-bond donors (Lipinski definition) is 1. The molecule has 0 saturated carbocycles. The molecule has 5 rings (SSSR count). The summed E-state index contributed by atoms with van der Waals surface area (Å²) in [6, 6.07) is 12.7. The van der Waals surface area contributed by atoms with Crippen molar-refractivity contribution in [2.75, 3.05) is 23.3 Å². The monoisotopic (exact) mass is 480 g/mol. The van der Waals surface area contributed by atoms with E-state index in [1.807, 2.05) is 0 Å². The van der Waals surface area contributed by atoms with Crippen LogP contribution in [0.2, 0.25) is 5.02 Å². The van der Waals surface area contributed by atoms with E-state index in [1.54, 1.807) is 24.4 Å². The molecule has 1 aliphatic rings. The summed E-state index contributed by atoms with van der Waals surface area (Å²) in [7, 11) is 0. The lowest BCUT2D eigenvalue weighted by atomic mass is 10.2. The van der Waals surface area contributed by atoms with E-state index in [1.165, 1.54) is 24.3 Å². The van der Waals surface area contributed by atoms with E-state index in [0.717, 1.165) is 49.4 Å². The lowest BCUT2D eigenvalue weighted by molar-refractivity contribution is 0.102. The highest BCUT2D eigenvalue weighted by Crippen LogP contribution is 2.29. The fourth-order valence-electron chi connectivity index (χ4n) is 3.81. The molecular weight excluding hydrogens is 462 g/mol. The highest BCUT2D eigenvalue weighted by molar-refractivity contribution is 6.30. The van der Waals surface area contributed by atoms with E-state index < -0.39 is 17.5 Å². The molecule has 172 valence electrons. The van der Waals surface area contributed by atoms with E-state index in [-0.39, 0.29) is 22.0 Å². The minimum atomic E-state index is -0.718. The molecule has 0 bridgehead atoms. The van der Waals surface area contributed by atoms with Gasteiger partial charge in [0.05, 0.1) is 22.3 Å². The minimum absolute atomic E-state index is 0.0514. The molecule has 1 amide bonds. The van der Waals surface area contributed by atoms with Gasteiger partial charge < -0.3 is 15.0 Å². The number of nitrogens with zero attached hydrogens (tertiary/aromatic N) is 3. The lowest BCUT2D eigenvalue weighted by Gasteiger charge is -2.16. The van der Waals surface area contributed by atoms with Gasteiger partial charge in [-0.3, -0.25) is 9.78 Å². The number of fused-ring (bicyclic) bond motifs is 1. The number of aromatic nitrogens is 2. The second kappa shape index (κ2) is 9.23.